The molecule has 1 aromatic rings. The zero-order valence-electron chi connectivity index (χ0n) is 14.1. The largest absolute Gasteiger partial charge is 0.376 e. The Bertz CT molecular complexity index is 478. The number of carbonyl (C=O) groups excluding carboxylic acids is 1. The molecule has 0 radical (unpaired) electrons. The van der Waals surface area contributed by atoms with E-state index in [4.69, 9.17) is 4.74 Å². The summed E-state index contributed by atoms with van der Waals surface area (Å²) in [6.45, 7) is 7.14. The maximum Gasteiger partial charge on any atom is 0.274 e. The van der Waals surface area contributed by atoms with E-state index in [1.165, 1.54) is 0 Å². The first-order chi connectivity index (χ1) is 10.5. The lowest BCUT2D eigenvalue weighted by Crippen LogP contribution is -2.41. The molecule has 1 saturated heterocycles. The normalized spacial score (nSPS) is 18.4. The summed E-state index contributed by atoms with van der Waals surface area (Å²) in [5.74, 6) is 0.322. The highest BCUT2D eigenvalue weighted by Gasteiger charge is 2.25. The van der Waals surface area contributed by atoms with E-state index in [2.05, 4.69) is 28.9 Å². The third-order valence-electron chi connectivity index (χ3n) is 3.99. The second kappa shape index (κ2) is 7.74. The Morgan fingerprint density at radius 3 is 2.77 bits per heavy atom. The predicted molar refractivity (Wildman–Crippen MR) is 86.1 cm³/mol. The molecular formula is C16H28N4O2. The summed E-state index contributed by atoms with van der Waals surface area (Å²) in [6.07, 6.45) is 2.28. The van der Waals surface area contributed by atoms with E-state index < -0.39 is 0 Å². The van der Waals surface area contributed by atoms with Crippen molar-refractivity contribution in [3.63, 3.8) is 0 Å². The Hall–Kier alpha value is -1.40. The average Bonchev–Trinajstić information content (AvgIpc) is 3.13. The lowest BCUT2D eigenvalue weighted by molar-refractivity contribution is 0.0507. The van der Waals surface area contributed by atoms with E-state index in [1.807, 2.05) is 25.1 Å². The minimum Gasteiger partial charge on any atom is -0.376 e. The number of rotatable bonds is 7. The summed E-state index contributed by atoms with van der Waals surface area (Å²) in [4.78, 5) is 16.7. The van der Waals surface area contributed by atoms with E-state index in [9.17, 15) is 4.79 Å². The molecule has 124 valence electrons. The number of aromatic nitrogens is 2. The van der Waals surface area contributed by atoms with Crippen molar-refractivity contribution in [2.75, 3.05) is 40.3 Å². The van der Waals surface area contributed by atoms with Crippen molar-refractivity contribution in [2.24, 2.45) is 0 Å². The Balaban J connectivity index is 2.05. The van der Waals surface area contributed by atoms with Crippen LogP contribution < -0.4 is 0 Å². The molecule has 2 rings (SSSR count). The molecule has 0 unspecified atom stereocenters. The maximum absolute atomic E-state index is 12.8. The summed E-state index contributed by atoms with van der Waals surface area (Å²) in [6, 6.07) is 1.87. The molecule has 0 bridgehead atoms. The van der Waals surface area contributed by atoms with Crippen LogP contribution >= 0.6 is 0 Å². The predicted octanol–water partition coefficient (Wildman–Crippen LogP) is 1.72. The first-order valence-electron chi connectivity index (χ1n) is 8.08. The van der Waals surface area contributed by atoms with E-state index in [0.717, 1.165) is 31.7 Å². The van der Waals surface area contributed by atoms with Crippen molar-refractivity contribution in [2.45, 2.75) is 38.7 Å². The van der Waals surface area contributed by atoms with Crippen molar-refractivity contribution in [1.29, 1.82) is 0 Å². The minimum atomic E-state index is -0.0134. The number of nitrogens with zero attached hydrogens (tertiary/aromatic N) is 3. The molecule has 1 aromatic heterocycles. The van der Waals surface area contributed by atoms with Gasteiger partial charge in [0, 0.05) is 31.9 Å². The Morgan fingerprint density at radius 2 is 2.23 bits per heavy atom. The SMILES string of the molecule is CC(C)c1cc(C(=O)N(CCN(C)C)C[C@@H]2CCCO2)n[nH]1. The highest BCUT2D eigenvalue weighted by Crippen LogP contribution is 2.16. The molecule has 6 heteroatoms. The molecule has 0 aliphatic carbocycles. The van der Waals surface area contributed by atoms with Gasteiger partial charge in [0.2, 0.25) is 0 Å². The Kier molecular flexibility index (Phi) is 5.97. The van der Waals surface area contributed by atoms with Crippen LogP contribution in [0.3, 0.4) is 0 Å². The van der Waals surface area contributed by atoms with Crippen LogP contribution in [-0.4, -0.2) is 72.3 Å². The quantitative estimate of drug-likeness (QED) is 0.833. The summed E-state index contributed by atoms with van der Waals surface area (Å²) in [5, 5.41) is 7.15. The van der Waals surface area contributed by atoms with Gasteiger partial charge in [-0.15, -0.1) is 0 Å². The molecule has 0 spiro atoms. The fourth-order valence-corrected chi connectivity index (χ4v) is 2.53. The first kappa shape index (κ1) is 17.0. The average molecular weight is 308 g/mol. The van der Waals surface area contributed by atoms with Crippen LogP contribution in [-0.2, 0) is 4.74 Å². The van der Waals surface area contributed by atoms with Crippen molar-refractivity contribution >= 4 is 5.91 Å². The molecule has 6 nitrogen and oxygen atoms in total. The van der Waals surface area contributed by atoms with Gasteiger partial charge in [-0.2, -0.15) is 5.10 Å². The number of nitrogens with one attached hydrogen (secondary N) is 1. The molecule has 0 aromatic carbocycles. The fraction of sp³-hybridized carbons (Fsp3) is 0.750. The van der Waals surface area contributed by atoms with Crippen LogP contribution in [0.25, 0.3) is 0 Å². The summed E-state index contributed by atoms with van der Waals surface area (Å²) in [5.41, 5.74) is 1.49. The van der Waals surface area contributed by atoms with Gasteiger partial charge >= 0.3 is 0 Å². The third-order valence-corrected chi connectivity index (χ3v) is 3.99. The number of ether oxygens (including phenoxy) is 1. The van der Waals surface area contributed by atoms with Crippen LogP contribution in [0.5, 0.6) is 0 Å². The monoisotopic (exact) mass is 308 g/mol. The number of H-pyrrole nitrogens is 1. The maximum atomic E-state index is 12.8. The standard InChI is InChI=1S/C16H28N4O2/c1-12(2)14-10-15(18-17-14)16(21)20(8-7-19(3)4)11-13-6-5-9-22-13/h10,12-13H,5-9,11H2,1-4H3,(H,17,18)/t13-/m0/s1. The second-order valence-corrected chi connectivity index (χ2v) is 6.55. The van der Waals surface area contributed by atoms with Crippen molar-refractivity contribution in [3.05, 3.63) is 17.5 Å². The highest BCUT2D eigenvalue weighted by atomic mass is 16.5. The van der Waals surface area contributed by atoms with Gasteiger partial charge < -0.3 is 14.5 Å². The number of amides is 1. The number of hydrogen-bond donors (Lipinski definition) is 1. The van der Waals surface area contributed by atoms with Crippen molar-refractivity contribution in [1.82, 2.24) is 20.0 Å². The Morgan fingerprint density at radius 1 is 1.45 bits per heavy atom. The molecule has 1 atom stereocenters. The lowest BCUT2D eigenvalue weighted by Gasteiger charge is -2.26. The van der Waals surface area contributed by atoms with Crippen LogP contribution in [0.15, 0.2) is 6.07 Å². The molecular weight excluding hydrogens is 280 g/mol. The van der Waals surface area contributed by atoms with Gasteiger partial charge in [0.15, 0.2) is 0 Å². The Labute approximate surface area is 132 Å². The van der Waals surface area contributed by atoms with Crippen LogP contribution in [0.2, 0.25) is 0 Å². The first-order valence-corrected chi connectivity index (χ1v) is 8.08. The van der Waals surface area contributed by atoms with Crippen molar-refractivity contribution in [3.8, 4) is 0 Å². The number of likely N-dealkylation sites (N-methyl/N-ethyl adjacent to an activating group) is 1. The topological polar surface area (TPSA) is 61.5 Å². The summed E-state index contributed by atoms with van der Waals surface area (Å²) in [7, 11) is 4.03. The van der Waals surface area contributed by atoms with Gasteiger partial charge in [0.1, 0.15) is 5.69 Å². The number of carbonyl (C=O) groups is 1. The molecule has 0 saturated carbocycles. The van der Waals surface area contributed by atoms with Crippen LogP contribution in [0, 0.1) is 0 Å². The van der Waals surface area contributed by atoms with Gasteiger partial charge in [-0.05, 0) is 38.9 Å². The molecule has 2 heterocycles. The van der Waals surface area contributed by atoms with E-state index in [0.29, 0.717) is 24.7 Å². The smallest absolute Gasteiger partial charge is 0.274 e. The van der Waals surface area contributed by atoms with Crippen LogP contribution in [0.1, 0.15) is 48.8 Å². The lowest BCUT2D eigenvalue weighted by atomic mass is 10.1. The number of hydrogen-bond acceptors (Lipinski definition) is 4. The summed E-state index contributed by atoms with van der Waals surface area (Å²) < 4.78 is 5.68. The molecule has 1 aliphatic heterocycles. The van der Waals surface area contributed by atoms with E-state index in [1.54, 1.807) is 0 Å². The van der Waals surface area contributed by atoms with Gasteiger partial charge in [-0.25, -0.2) is 0 Å². The zero-order valence-corrected chi connectivity index (χ0v) is 14.1. The summed E-state index contributed by atoms with van der Waals surface area (Å²) >= 11 is 0. The zero-order chi connectivity index (χ0) is 16.1. The molecule has 22 heavy (non-hydrogen) atoms. The third kappa shape index (κ3) is 4.55. The molecule has 1 aliphatic rings. The molecule has 1 fully saturated rings. The van der Waals surface area contributed by atoms with Crippen molar-refractivity contribution < 1.29 is 9.53 Å². The van der Waals surface area contributed by atoms with Gasteiger partial charge in [-0.3, -0.25) is 9.89 Å². The number of aromatic amines is 1. The van der Waals surface area contributed by atoms with E-state index in [-0.39, 0.29) is 12.0 Å². The molecule has 1 N–H and O–H groups in total. The molecule has 1 amide bonds. The fourth-order valence-electron chi connectivity index (χ4n) is 2.53. The van der Waals surface area contributed by atoms with Gasteiger partial charge in [-0.1, -0.05) is 13.8 Å². The van der Waals surface area contributed by atoms with Gasteiger partial charge in [0.05, 0.1) is 6.10 Å². The van der Waals surface area contributed by atoms with Crippen LogP contribution in [0.4, 0.5) is 0 Å². The highest BCUT2D eigenvalue weighted by molar-refractivity contribution is 5.92. The van der Waals surface area contributed by atoms with E-state index >= 15 is 0 Å². The van der Waals surface area contributed by atoms with Gasteiger partial charge in [0.25, 0.3) is 5.91 Å². The second-order valence-electron chi connectivity index (χ2n) is 6.55. The minimum absolute atomic E-state index is 0.0134.